The van der Waals surface area contributed by atoms with E-state index in [0.29, 0.717) is 5.69 Å². The van der Waals surface area contributed by atoms with E-state index in [1.54, 1.807) is 6.07 Å². The van der Waals surface area contributed by atoms with Crippen molar-refractivity contribution in [3.63, 3.8) is 0 Å². The van der Waals surface area contributed by atoms with Gasteiger partial charge in [-0.3, -0.25) is 9.69 Å². The number of benzene rings is 1. The number of nitrogens with zero attached hydrogens (tertiary/aromatic N) is 4. The average molecular weight is 387 g/mol. The number of amides is 2. The normalized spacial score (nSPS) is 16.3. The maximum atomic E-state index is 14.6. The van der Waals surface area contributed by atoms with Gasteiger partial charge in [-0.25, -0.2) is 18.6 Å². The van der Waals surface area contributed by atoms with E-state index in [-0.39, 0.29) is 30.4 Å². The Morgan fingerprint density at radius 2 is 2.18 bits per heavy atom. The number of imidazole rings is 1. The minimum atomic E-state index is -0.902. The molecule has 10 heteroatoms. The summed E-state index contributed by atoms with van der Waals surface area (Å²) in [6.45, 7) is 1.48. The second-order valence-corrected chi connectivity index (χ2v) is 5.98. The highest BCUT2D eigenvalue weighted by Crippen LogP contribution is 2.28. The summed E-state index contributed by atoms with van der Waals surface area (Å²) in [5.41, 5.74) is -0.0117. The molecule has 0 radical (unpaired) electrons. The minimum Gasteiger partial charge on any atom is -0.442 e. The fourth-order valence-electron chi connectivity index (χ4n) is 2.72. The van der Waals surface area contributed by atoms with Gasteiger partial charge in [-0.15, -0.1) is 0 Å². The van der Waals surface area contributed by atoms with E-state index < -0.39 is 23.8 Å². The lowest BCUT2D eigenvalue weighted by molar-refractivity contribution is -0.119. The molecule has 1 saturated heterocycles. The lowest BCUT2D eigenvalue weighted by Gasteiger charge is -2.15. The number of carbonyl (C=O) groups is 2. The first-order valence-corrected chi connectivity index (χ1v) is 8.21. The van der Waals surface area contributed by atoms with Gasteiger partial charge in [0.1, 0.15) is 18.1 Å². The van der Waals surface area contributed by atoms with E-state index in [1.807, 2.05) is 0 Å². The molecule has 0 bridgehead atoms. The highest BCUT2D eigenvalue weighted by molar-refractivity contribution is 5.90. The van der Waals surface area contributed by atoms with Crippen molar-refractivity contribution in [2.75, 3.05) is 18.0 Å². The van der Waals surface area contributed by atoms with Crippen molar-refractivity contribution < 1.29 is 23.1 Å². The Bertz CT molecular complexity index is 972. The molecular formula is C18H15F2N5O3. The van der Waals surface area contributed by atoms with Gasteiger partial charge in [-0.2, -0.15) is 5.26 Å². The zero-order valence-electron chi connectivity index (χ0n) is 14.7. The van der Waals surface area contributed by atoms with Crippen LogP contribution in [0.15, 0.2) is 30.7 Å². The first-order valence-electron chi connectivity index (χ1n) is 8.21. The Morgan fingerprint density at radius 1 is 1.46 bits per heavy atom. The molecule has 144 valence electrons. The number of halogens is 2. The third-order valence-corrected chi connectivity index (χ3v) is 3.96. The van der Waals surface area contributed by atoms with Crippen LogP contribution in [0.25, 0.3) is 11.8 Å². The number of ether oxygens (including phenoxy) is 1. The first-order chi connectivity index (χ1) is 13.4. The van der Waals surface area contributed by atoms with Crippen LogP contribution in [0.3, 0.4) is 0 Å². The smallest absolute Gasteiger partial charge is 0.414 e. The van der Waals surface area contributed by atoms with E-state index in [1.165, 1.54) is 31.6 Å². The van der Waals surface area contributed by atoms with Gasteiger partial charge in [0.15, 0.2) is 11.6 Å². The summed E-state index contributed by atoms with van der Waals surface area (Å²) in [6.07, 6.45) is 3.79. The highest BCUT2D eigenvalue weighted by atomic mass is 19.1. The van der Waals surface area contributed by atoms with Gasteiger partial charge >= 0.3 is 6.09 Å². The van der Waals surface area contributed by atoms with Crippen LogP contribution in [0, 0.1) is 23.0 Å². The van der Waals surface area contributed by atoms with Crippen molar-refractivity contribution in [1.29, 1.82) is 5.26 Å². The predicted octanol–water partition coefficient (Wildman–Crippen LogP) is 2.15. The number of hydrogen-bond acceptors (Lipinski definition) is 5. The Kier molecular flexibility index (Phi) is 5.35. The molecule has 1 aliphatic rings. The third-order valence-electron chi connectivity index (χ3n) is 3.96. The van der Waals surface area contributed by atoms with Gasteiger partial charge in [-0.05, 0) is 6.08 Å². The Morgan fingerprint density at radius 3 is 2.82 bits per heavy atom. The number of hydrogen-bond donors (Lipinski definition) is 1. The largest absolute Gasteiger partial charge is 0.442 e. The van der Waals surface area contributed by atoms with Gasteiger partial charge in [0.2, 0.25) is 5.91 Å². The summed E-state index contributed by atoms with van der Waals surface area (Å²) in [6, 6.07) is 3.84. The van der Waals surface area contributed by atoms with Crippen LogP contribution >= 0.6 is 0 Å². The van der Waals surface area contributed by atoms with Crippen molar-refractivity contribution in [3.8, 4) is 11.8 Å². The Hall–Kier alpha value is -3.74. The quantitative estimate of drug-likeness (QED) is 0.793. The predicted molar refractivity (Wildman–Crippen MR) is 94.4 cm³/mol. The van der Waals surface area contributed by atoms with Crippen LogP contribution in [0.1, 0.15) is 12.6 Å². The molecule has 8 nitrogen and oxygen atoms in total. The number of carbonyl (C=O) groups excluding carboxylic acids is 2. The summed E-state index contributed by atoms with van der Waals surface area (Å²) in [7, 11) is 0. The molecule has 3 rings (SSSR count). The van der Waals surface area contributed by atoms with Crippen LogP contribution < -0.4 is 10.2 Å². The van der Waals surface area contributed by atoms with Crippen LogP contribution in [0.4, 0.5) is 19.3 Å². The topological polar surface area (TPSA) is 100 Å². The van der Waals surface area contributed by atoms with Crippen molar-refractivity contribution in [3.05, 3.63) is 48.1 Å². The molecule has 1 aromatic carbocycles. The molecule has 1 N–H and O–H groups in total. The standard InChI is InChI=1S/C18H15F2N5O3/c1-11(26)22-7-14-9-25(18(27)28-14)13-5-15(19)17(16(20)6-13)24-8-12(23-10-24)3-2-4-21/h2-3,5-6,8,10,14H,7,9H2,1H3,(H,22,26)/b3-2+/t14-/m0/s1. The number of allylic oxidation sites excluding steroid dienone is 1. The molecule has 1 atom stereocenters. The van der Waals surface area contributed by atoms with Crippen LogP contribution in [-0.2, 0) is 9.53 Å². The molecule has 2 heterocycles. The highest BCUT2D eigenvalue weighted by Gasteiger charge is 2.33. The number of nitriles is 1. The van der Waals surface area contributed by atoms with Gasteiger partial charge in [0.05, 0.1) is 30.5 Å². The maximum Gasteiger partial charge on any atom is 0.414 e. The molecule has 2 amide bonds. The first kappa shape index (κ1) is 19.0. The molecule has 2 aromatic rings. The fourth-order valence-corrected chi connectivity index (χ4v) is 2.72. The lowest BCUT2D eigenvalue weighted by Crippen LogP contribution is -2.33. The molecule has 0 aliphatic carbocycles. The second kappa shape index (κ2) is 7.87. The zero-order chi connectivity index (χ0) is 20.3. The maximum absolute atomic E-state index is 14.6. The van der Waals surface area contributed by atoms with E-state index in [2.05, 4.69) is 10.3 Å². The second-order valence-electron chi connectivity index (χ2n) is 5.98. The number of aromatic nitrogens is 2. The lowest BCUT2D eigenvalue weighted by atomic mass is 10.2. The number of anilines is 1. The van der Waals surface area contributed by atoms with Crippen LogP contribution in [0.5, 0.6) is 0 Å². The molecule has 1 fully saturated rings. The molecule has 0 unspecified atom stereocenters. The molecule has 28 heavy (non-hydrogen) atoms. The average Bonchev–Trinajstić information content (AvgIpc) is 3.24. The summed E-state index contributed by atoms with van der Waals surface area (Å²) in [5.74, 6) is -2.08. The van der Waals surface area contributed by atoms with Crippen LogP contribution in [0.2, 0.25) is 0 Å². The summed E-state index contributed by atoms with van der Waals surface area (Å²) >= 11 is 0. The van der Waals surface area contributed by atoms with E-state index >= 15 is 0 Å². The monoisotopic (exact) mass is 387 g/mol. The number of cyclic esters (lactones) is 1. The molecule has 1 aliphatic heterocycles. The third kappa shape index (κ3) is 3.98. The van der Waals surface area contributed by atoms with E-state index in [9.17, 15) is 18.4 Å². The van der Waals surface area contributed by atoms with Crippen molar-refractivity contribution >= 4 is 23.8 Å². The molecular weight excluding hydrogens is 372 g/mol. The van der Waals surface area contributed by atoms with E-state index in [4.69, 9.17) is 10.00 Å². The van der Waals surface area contributed by atoms with Crippen molar-refractivity contribution in [1.82, 2.24) is 14.9 Å². The van der Waals surface area contributed by atoms with Gasteiger partial charge in [0.25, 0.3) is 0 Å². The fraction of sp³-hybridized carbons (Fsp3) is 0.222. The van der Waals surface area contributed by atoms with Crippen molar-refractivity contribution in [2.24, 2.45) is 0 Å². The minimum absolute atomic E-state index is 0.00112. The Labute approximate surface area is 158 Å². The van der Waals surface area contributed by atoms with Gasteiger partial charge in [0, 0.05) is 31.3 Å². The summed E-state index contributed by atoms with van der Waals surface area (Å²) in [5, 5.41) is 11.0. The van der Waals surface area contributed by atoms with Crippen molar-refractivity contribution in [2.45, 2.75) is 13.0 Å². The SMILES string of the molecule is CC(=O)NC[C@H]1CN(c2cc(F)c(-n3cnc(/C=C/C#N)c3)c(F)c2)C(=O)O1. The molecule has 0 saturated carbocycles. The number of nitrogens with one attached hydrogen (secondary N) is 1. The number of rotatable bonds is 5. The van der Waals surface area contributed by atoms with Crippen LogP contribution in [-0.4, -0.2) is 40.7 Å². The van der Waals surface area contributed by atoms with E-state index in [0.717, 1.165) is 21.6 Å². The summed E-state index contributed by atoms with van der Waals surface area (Å²) in [4.78, 5) is 28.0. The van der Waals surface area contributed by atoms with Gasteiger partial charge < -0.3 is 14.6 Å². The zero-order valence-corrected chi connectivity index (χ0v) is 14.7. The van der Waals surface area contributed by atoms with Gasteiger partial charge in [-0.1, -0.05) is 0 Å². The summed E-state index contributed by atoms with van der Waals surface area (Å²) < 4.78 is 35.4. The Balaban J connectivity index is 1.83. The molecule has 0 spiro atoms. The molecule has 1 aromatic heterocycles.